The second kappa shape index (κ2) is 4.64. The average Bonchev–Trinajstić information content (AvgIpc) is 3.00. The topological polar surface area (TPSA) is 32.3 Å². The van der Waals surface area contributed by atoms with Crippen molar-refractivity contribution in [3.63, 3.8) is 0 Å². The van der Waals surface area contributed by atoms with E-state index in [1.165, 1.54) is 22.9 Å². The number of nitrogens with one attached hydrogen (secondary N) is 1. The Morgan fingerprint density at radius 1 is 1.33 bits per heavy atom. The van der Waals surface area contributed by atoms with E-state index in [2.05, 4.69) is 39.4 Å². The smallest absolute Gasteiger partial charge is 0.0447 e. The highest BCUT2D eigenvalue weighted by atomic mass is 79.9. The SMILES string of the molecule is OCCCNC1(c2ccccc2Br)CC1. The van der Waals surface area contributed by atoms with Crippen LogP contribution in [0.5, 0.6) is 0 Å². The Hall–Kier alpha value is -0.380. The third-order valence-corrected chi connectivity index (χ3v) is 3.63. The molecule has 0 spiro atoms. The minimum Gasteiger partial charge on any atom is -0.396 e. The van der Waals surface area contributed by atoms with E-state index >= 15 is 0 Å². The van der Waals surface area contributed by atoms with Gasteiger partial charge in [0.2, 0.25) is 0 Å². The van der Waals surface area contributed by atoms with Crippen LogP contribution >= 0.6 is 15.9 Å². The molecule has 82 valence electrons. The molecule has 1 saturated carbocycles. The Morgan fingerprint density at radius 2 is 2.07 bits per heavy atom. The molecular formula is C12H16BrNO. The highest BCUT2D eigenvalue weighted by Gasteiger charge is 2.44. The number of aliphatic hydroxyl groups excluding tert-OH is 1. The van der Waals surface area contributed by atoms with Crippen molar-refractivity contribution < 1.29 is 5.11 Å². The molecule has 0 atom stereocenters. The maximum atomic E-state index is 8.76. The lowest BCUT2D eigenvalue weighted by atomic mass is 10.1. The van der Waals surface area contributed by atoms with Gasteiger partial charge in [0.25, 0.3) is 0 Å². The molecule has 1 aromatic rings. The number of benzene rings is 1. The van der Waals surface area contributed by atoms with Gasteiger partial charge in [-0.25, -0.2) is 0 Å². The first-order chi connectivity index (χ1) is 7.28. The second-order valence-corrected chi connectivity index (χ2v) is 4.92. The van der Waals surface area contributed by atoms with Crippen LogP contribution in [0.15, 0.2) is 28.7 Å². The molecule has 0 unspecified atom stereocenters. The standard InChI is InChI=1S/C12H16BrNO/c13-11-5-2-1-4-10(11)12(6-7-12)14-8-3-9-15/h1-2,4-5,14-15H,3,6-9H2. The summed E-state index contributed by atoms with van der Waals surface area (Å²) in [6.07, 6.45) is 3.22. The van der Waals surface area contributed by atoms with Crippen LogP contribution in [0.1, 0.15) is 24.8 Å². The molecule has 0 bridgehead atoms. The number of rotatable bonds is 5. The summed E-state index contributed by atoms with van der Waals surface area (Å²) in [6, 6.07) is 8.37. The maximum absolute atomic E-state index is 8.76. The lowest BCUT2D eigenvalue weighted by Gasteiger charge is -2.19. The Balaban J connectivity index is 2.06. The van der Waals surface area contributed by atoms with Crippen molar-refractivity contribution in [1.29, 1.82) is 0 Å². The van der Waals surface area contributed by atoms with Gasteiger partial charge >= 0.3 is 0 Å². The number of aliphatic hydroxyl groups is 1. The van der Waals surface area contributed by atoms with Gasteiger partial charge in [-0.1, -0.05) is 34.1 Å². The lowest BCUT2D eigenvalue weighted by Crippen LogP contribution is -2.30. The zero-order chi connectivity index (χ0) is 10.7. The van der Waals surface area contributed by atoms with Crippen molar-refractivity contribution >= 4 is 15.9 Å². The molecule has 0 saturated heterocycles. The van der Waals surface area contributed by atoms with E-state index in [-0.39, 0.29) is 12.1 Å². The maximum Gasteiger partial charge on any atom is 0.0447 e. The molecule has 0 radical (unpaired) electrons. The summed E-state index contributed by atoms with van der Waals surface area (Å²) >= 11 is 3.59. The van der Waals surface area contributed by atoms with E-state index < -0.39 is 0 Å². The Morgan fingerprint density at radius 3 is 2.67 bits per heavy atom. The Kier molecular flexibility index (Phi) is 3.44. The summed E-state index contributed by atoms with van der Waals surface area (Å²) in [5.74, 6) is 0. The zero-order valence-electron chi connectivity index (χ0n) is 8.67. The second-order valence-electron chi connectivity index (χ2n) is 4.07. The third kappa shape index (κ3) is 2.41. The third-order valence-electron chi connectivity index (χ3n) is 2.94. The number of halogens is 1. The van der Waals surface area contributed by atoms with E-state index in [1.54, 1.807) is 0 Å². The monoisotopic (exact) mass is 269 g/mol. The van der Waals surface area contributed by atoms with E-state index in [0.29, 0.717) is 0 Å². The van der Waals surface area contributed by atoms with Crippen LogP contribution in [0.3, 0.4) is 0 Å². The van der Waals surface area contributed by atoms with Gasteiger partial charge in [-0.15, -0.1) is 0 Å². The van der Waals surface area contributed by atoms with Gasteiger partial charge in [-0.2, -0.15) is 0 Å². The van der Waals surface area contributed by atoms with Crippen LogP contribution in [0.25, 0.3) is 0 Å². The highest BCUT2D eigenvalue weighted by molar-refractivity contribution is 9.10. The molecular weight excluding hydrogens is 254 g/mol. The van der Waals surface area contributed by atoms with Crippen LogP contribution in [0.4, 0.5) is 0 Å². The fraction of sp³-hybridized carbons (Fsp3) is 0.500. The predicted octanol–water partition coefficient (Wildman–Crippen LogP) is 2.41. The molecule has 1 aliphatic carbocycles. The van der Waals surface area contributed by atoms with Crippen LogP contribution in [-0.4, -0.2) is 18.3 Å². The Labute approximate surface area is 98.8 Å². The molecule has 0 aromatic heterocycles. The molecule has 1 aromatic carbocycles. The van der Waals surface area contributed by atoms with Gasteiger partial charge in [0, 0.05) is 16.6 Å². The van der Waals surface area contributed by atoms with Gasteiger partial charge in [0.15, 0.2) is 0 Å². The number of hydrogen-bond acceptors (Lipinski definition) is 2. The van der Waals surface area contributed by atoms with E-state index in [1.807, 2.05) is 6.07 Å². The summed E-state index contributed by atoms with van der Waals surface area (Å²) in [6.45, 7) is 1.15. The summed E-state index contributed by atoms with van der Waals surface area (Å²) in [7, 11) is 0. The number of hydrogen-bond donors (Lipinski definition) is 2. The zero-order valence-corrected chi connectivity index (χ0v) is 10.3. The van der Waals surface area contributed by atoms with Crippen molar-refractivity contribution in [1.82, 2.24) is 5.32 Å². The van der Waals surface area contributed by atoms with Crippen LogP contribution in [0, 0.1) is 0 Å². The van der Waals surface area contributed by atoms with E-state index in [0.717, 1.165) is 13.0 Å². The first-order valence-electron chi connectivity index (χ1n) is 5.39. The fourth-order valence-electron chi connectivity index (χ4n) is 1.92. The van der Waals surface area contributed by atoms with Crippen molar-refractivity contribution in [2.24, 2.45) is 0 Å². The molecule has 2 nitrogen and oxygen atoms in total. The molecule has 15 heavy (non-hydrogen) atoms. The van der Waals surface area contributed by atoms with Crippen molar-refractivity contribution in [2.75, 3.05) is 13.2 Å². The Bertz CT molecular complexity index is 336. The van der Waals surface area contributed by atoms with Gasteiger partial charge < -0.3 is 10.4 Å². The summed E-state index contributed by atoms with van der Waals surface area (Å²) in [5, 5.41) is 12.3. The molecule has 2 rings (SSSR count). The first-order valence-corrected chi connectivity index (χ1v) is 6.19. The van der Waals surface area contributed by atoms with Crippen molar-refractivity contribution in [3.8, 4) is 0 Å². The van der Waals surface area contributed by atoms with Gasteiger partial charge in [-0.05, 0) is 37.4 Å². The normalized spacial score (nSPS) is 17.7. The summed E-state index contributed by atoms with van der Waals surface area (Å²) < 4.78 is 1.18. The molecule has 1 fully saturated rings. The molecule has 0 aliphatic heterocycles. The molecule has 0 amide bonds. The van der Waals surface area contributed by atoms with E-state index in [4.69, 9.17) is 5.11 Å². The fourth-order valence-corrected chi connectivity index (χ4v) is 2.59. The van der Waals surface area contributed by atoms with Gasteiger partial charge in [0.1, 0.15) is 0 Å². The molecule has 0 heterocycles. The van der Waals surface area contributed by atoms with E-state index in [9.17, 15) is 0 Å². The molecule has 2 N–H and O–H groups in total. The predicted molar refractivity (Wildman–Crippen MR) is 64.8 cm³/mol. The van der Waals surface area contributed by atoms with Crippen molar-refractivity contribution in [2.45, 2.75) is 24.8 Å². The lowest BCUT2D eigenvalue weighted by molar-refractivity contribution is 0.282. The van der Waals surface area contributed by atoms with Crippen LogP contribution in [0.2, 0.25) is 0 Å². The van der Waals surface area contributed by atoms with Crippen LogP contribution < -0.4 is 5.32 Å². The average molecular weight is 270 g/mol. The largest absolute Gasteiger partial charge is 0.396 e. The molecule has 3 heteroatoms. The van der Waals surface area contributed by atoms with Crippen LogP contribution in [-0.2, 0) is 5.54 Å². The first kappa shape index (κ1) is 11.1. The summed E-state index contributed by atoms with van der Waals surface area (Å²) in [4.78, 5) is 0. The minimum atomic E-state index is 0.176. The van der Waals surface area contributed by atoms with Crippen molar-refractivity contribution in [3.05, 3.63) is 34.3 Å². The quantitative estimate of drug-likeness (QED) is 0.805. The molecule has 1 aliphatic rings. The van der Waals surface area contributed by atoms with Gasteiger partial charge in [0.05, 0.1) is 0 Å². The van der Waals surface area contributed by atoms with Gasteiger partial charge in [-0.3, -0.25) is 0 Å². The highest BCUT2D eigenvalue weighted by Crippen LogP contribution is 2.47. The minimum absolute atomic E-state index is 0.176. The summed E-state index contributed by atoms with van der Waals surface area (Å²) in [5.41, 5.74) is 1.53.